The predicted octanol–water partition coefficient (Wildman–Crippen LogP) is 5.31. The Labute approximate surface area is 137 Å². The lowest BCUT2D eigenvalue weighted by Gasteiger charge is -2.26. The van der Waals surface area contributed by atoms with Crippen LogP contribution in [0.25, 0.3) is 0 Å². The lowest BCUT2D eigenvalue weighted by Crippen LogP contribution is -2.27. The molecular formula is C18H22ClNS. The van der Waals surface area contributed by atoms with Crippen LogP contribution in [-0.2, 0) is 5.75 Å². The fourth-order valence-corrected chi connectivity index (χ4v) is 3.91. The van der Waals surface area contributed by atoms with E-state index in [1.54, 1.807) is 0 Å². The summed E-state index contributed by atoms with van der Waals surface area (Å²) in [4.78, 5) is 0. The summed E-state index contributed by atoms with van der Waals surface area (Å²) < 4.78 is 0. The minimum Gasteiger partial charge on any atom is -0.312 e. The number of benzene rings is 2. The summed E-state index contributed by atoms with van der Waals surface area (Å²) >= 11 is 7.94. The molecule has 0 amide bonds. The van der Waals surface area contributed by atoms with Crippen LogP contribution in [0.2, 0.25) is 5.02 Å². The summed E-state index contributed by atoms with van der Waals surface area (Å²) in [6, 6.07) is 19.2. The van der Waals surface area contributed by atoms with Crippen molar-refractivity contribution in [1.29, 1.82) is 0 Å². The van der Waals surface area contributed by atoms with Crippen LogP contribution in [0.3, 0.4) is 0 Å². The van der Waals surface area contributed by atoms with Gasteiger partial charge < -0.3 is 5.32 Å². The van der Waals surface area contributed by atoms with Crippen molar-refractivity contribution in [3.8, 4) is 0 Å². The van der Waals surface area contributed by atoms with Crippen LogP contribution in [0, 0.1) is 0 Å². The number of nitrogens with one attached hydrogen (secondary N) is 1. The van der Waals surface area contributed by atoms with E-state index in [0.717, 1.165) is 17.2 Å². The number of halogens is 1. The fraction of sp³-hybridized carbons (Fsp3) is 0.333. The second-order valence-electron chi connectivity index (χ2n) is 5.06. The summed E-state index contributed by atoms with van der Waals surface area (Å²) in [5.74, 6) is 1.01. The van der Waals surface area contributed by atoms with Gasteiger partial charge in [-0.3, -0.25) is 0 Å². The zero-order valence-corrected chi connectivity index (χ0v) is 14.1. The maximum Gasteiger partial charge on any atom is 0.0438 e. The topological polar surface area (TPSA) is 12.0 Å². The summed E-state index contributed by atoms with van der Waals surface area (Å²) in [5.41, 5.74) is 2.68. The Morgan fingerprint density at radius 2 is 1.71 bits per heavy atom. The summed E-state index contributed by atoms with van der Waals surface area (Å²) in [7, 11) is 2.04. The van der Waals surface area contributed by atoms with Gasteiger partial charge in [0.05, 0.1) is 0 Å². The van der Waals surface area contributed by atoms with Gasteiger partial charge in [0.2, 0.25) is 0 Å². The van der Waals surface area contributed by atoms with E-state index in [2.05, 4.69) is 54.7 Å². The van der Waals surface area contributed by atoms with Crippen LogP contribution in [0.1, 0.15) is 30.5 Å². The Morgan fingerprint density at radius 1 is 1.05 bits per heavy atom. The van der Waals surface area contributed by atoms with Crippen molar-refractivity contribution in [3.05, 3.63) is 70.7 Å². The van der Waals surface area contributed by atoms with Crippen LogP contribution in [0.15, 0.2) is 54.6 Å². The highest BCUT2D eigenvalue weighted by molar-refractivity contribution is 7.99. The van der Waals surface area contributed by atoms with Crippen LogP contribution >= 0.6 is 23.4 Å². The third kappa shape index (κ3) is 4.77. The molecule has 112 valence electrons. The second kappa shape index (κ2) is 8.47. The number of rotatable bonds is 7. The molecule has 0 saturated heterocycles. The summed E-state index contributed by atoms with van der Waals surface area (Å²) in [5, 5.41) is 4.82. The normalized spacial score (nSPS) is 13.9. The van der Waals surface area contributed by atoms with Crippen LogP contribution in [0.5, 0.6) is 0 Å². The van der Waals surface area contributed by atoms with Crippen molar-refractivity contribution in [2.75, 3.05) is 7.05 Å². The average molecular weight is 320 g/mol. The summed E-state index contributed by atoms with van der Waals surface area (Å²) in [6.45, 7) is 2.26. The molecule has 2 unspecified atom stereocenters. The summed E-state index contributed by atoms with van der Waals surface area (Å²) in [6.07, 6.45) is 1.14. The molecule has 1 N–H and O–H groups in total. The van der Waals surface area contributed by atoms with Crippen LogP contribution < -0.4 is 5.32 Å². The van der Waals surface area contributed by atoms with Gasteiger partial charge in [-0.15, -0.1) is 0 Å². The van der Waals surface area contributed by atoms with E-state index in [0.29, 0.717) is 11.3 Å². The minimum absolute atomic E-state index is 0.383. The Hall–Kier alpha value is -0.960. The van der Waals surface area contributed by atoms with Gasteiger partial charge >= 0.3 is 0 Å². The smallest absolute Gasteiger partial charge is 0.0438 e. The molecule has 0 heterocycles. The van der Waals surface area contributed by atoms with Crippen molar-refractivity contribution in [2.24, 2.45) is 0 Å². The average Bonchev–Trinajstić information content (AvgIpc) is 2.54. The molecule has 0 radical (unpaired) electrons. The highest BCUT2D eigenvalue weighted by Gasteiger charge is 2.20. The molecule has 0 bridgehead atoms. The van der Waals surface area contributed by atoms with Gasteiger partial charge in [-0.2, -0.15) is 11.8 Å². The van der Waals surface area contributed by atoms with Gasteiger partial charge in [-0.1, -0.05) is 61.0 Å². The third-order valence-electron chi connectivity index (χ3n) is 3.62. The van der Waals surface area contributed by atoms with Gasteiger partial charge in [0.1, 0.15) is 0 Å². The molecule has 0 spiro atoms. The molecule has 2 aromatic rings. The quantitative estimate of drug-likeness (QED) is 0.742. The standard InChI is InChI=1S/C18H22ClNS/c1-3-17(18(20-2)15-7-5-4-6-8-15)21-13-14-9-11-16(19)12-10-14/h4-12,17-18,20H,3,13H2,1-2H3. The lowest BCUT2D eigenvalue weighted by molar-refractivity contribution is 0.555. The predicted molar refractivity (Wildman–Crippen MR) is 95.1 cm³/mol. The molecule has 0 aliphatic carbocycles. The van der Waals surface area contributed by atoms with Gasteiger partial charge in [-0.25, -0.2) is 0 Å². The van der Waals surface area contributed by atoms with Crippen molar-refractivity contribution < 1.29 is 0 Å². The Kier molecular flexibility index (Phi) is 6.62. The van der Waals surface area contributed by atoms with Crippen molar-refractivity contribution in [1.82, 2.24) is 5.32 Å². The number of thioether (sulfide) groups is 1. The van der Waals surface area contributed by atoms with Crippen molar-refractivity contribution in [3.63, 3.8) is 0 Å². The molecular weight excluding hydrogens is 298 g/mol. The van der Waals surface area contributed by atoms with Crippen molar-refractivity contribution >= 4 is 23.4 Å². The highest BCUT2D eigenvalue weighted by Crippen LogP contribution is 2.31. The molecule has 2 rings (SSSR count). The number of hydrogen-bond donors (Lipinski definition) is 1. The van der Waals surface area contributed by atoms with E-state index < -0.39 is 0 Å². The zero-order chi connectivity index (χ0) is 15.1. The Morgan fingerprint density at radius 3 is 2.29 bits per heavy atom. The Balaban J connectivity index is 2.02. The van der Waals surface area contributed by atoms with E-state index in [-0.39, 0.29) is 0 Å². The van der Waals surface area contributed by atoms with Gasteiger partial charge in [0.25, 0.3) is 0 Å². The van der Waals surface area contributed by atoms with E-state index in [1.165, 1.54) is 11.1 Å². The molecule has 3 heteroatoms. The minimum atomic E-state index is 0.383. The molecule has 0 aliphatic heterocycles. The first-order chi connectivity index (χ1) is 10.2. The fourth-order valence-electron chi connectivity index (χ4n) is 2.46. The molecule has 0 saturated carbocycles. The third-order valence-corrected chi connectivity index (χ3v) is 5.41. The maximum absolute atomic E-state index is 5.94. The van der Waals surface area contributed by atoms with Gasteiger partial charge in [0, 0.05) is 22.1 Å². The first-order valence-corrected chi connectivity index (χ1v) is 8.75. The van der Waals surface area contributed by atoms with Gasteiger partial charge in [-0.05, 0) is 36.7 Å². The van der Waals surface area contributed by atoms with Gasteiger partial charge in [0.15, 0.2) is 0 Å². The first-order valence-electron chi connectivity index (χ1n) is 7.33. The molecule has 1 nitrogen and oxygen atoms in total. The molecule has 2 aromatic carbocycles. The molecule has 0 aliphatic rings. The lowest BCUT2D eigenvalue weighted by atomic mass is 10.0. The molecule has 2 atom stereocenters. The van der Waals surface area contributed by atoms with Crippen LogP contribution in [-0.4, -0.2) is 12.3 Å². The van der Waals surface area contributed by atoms with E-state index in [9.17, 15) is 0 Å². The second-order valence-corrected chi connectivity index (χ2v) is 6.73. The molecule has 21 heavy (non-hydrogen) atoms. The molecule has 0 aromatic heterocycles. The largest absolute Gasteiger partial charge is 0.312 e. The van der Waals surface area contributed by atoms with E-state index >= 15 is 0 Å². The number of hydrogen-bond acceptors (Lipinski definition) is 2. The molecule has 0 fully saturated rings. The van der Waals surface area contributed by atoms with Crippen LogP contribution in [0.4, 0.5) is 0 Å². The highest BCUT2D eigenvalue weighted by atomic mass is 35.5. The van der Waals surface area contributed by atoms with E-state index in [4.69, 9.17) is 11.6 Å². The van der Waals surface area contributed by atoms with Crippen molar-refractivity contribution in [2.45, 2.75) is 30.4 Å². The first kappa shape index (κ1) is 16.4. The SMILES string of the molecule is CCC(SCc1ccc(Cl)cc1)C(NC)c1ccccc1. The Bertz CT molecular complexity index is 527. The monoisotopic (exact) mass is 319 g/mol. The maximum atomic E-state index is 5.94. The van der Waals surface area contributed by atoms with E-state index in [1.807, 2.05) is 30.9 Å². The zero-order valence-electron chi connectivity index (χ0n) is 12.6.